The maximum atomic E-state index is 5.59. The van der Waals surface area contributed by atoms with Crippen LogP contribution in [0.1, 0.15) is 6.42 Å². The molecule has 5 heterocycles. The first kappa shape index (κ1) is 21.0. The van der Waals surface area contributed by atoms with Crippen LogP contribution < -0.4 is 5.32 Å². The van der Waals surface area contributed by atoms with E-state index in [0.29, 0.717) is 11.7 Å². The van der Waals surface area contributed by atoms with Gasteiger partial charge in [-0.1, -0.05) is 30.3 Å². The number of hydrogen-bond acceptors (Lipinski definition) is 7. The zero-order valence-electron chi connectivity index (χ0n) is 19.1. The van der Waals surface area contributed by atoms with Crippen molar-refractivity contribution in [2.75, 3.05) is 25.1 Å². The van der Waals surface area contributed by atoms with E-state index in [-0.39, 0.29) is 0 Å². The van der Waals surface area contributed by atoms with E-state index < -0.39 is 0 Å². The van der Waals surface area contributed by atoms with E-state index in [0.717, 1.165) is 69.7 Å². The van der Waals surface area contributed by atoms with Gasteiger partial charge in [0.1, 0.15) is 16.3 Å². The maximum absolute atomic E-state index is 5.59. The van der Waals surface area contributed by atoms with Crippen LogP contribution in [-0.4, -0.2) is 49.1 Å². The van der Waals surface area contributed by atoms with Crippen LogP contribution in [0.15, 0.2) is 55.0 Å². The predicted octanol–water partition coefficient (Wildman–Crippen LogP) is 4.61. The van der Waals surface area contributed by atoms with Gasteiger partial charge in [0.05, 0.1) is 16.9 Å². The first-order valence-electron chi connectivity index (χ1n) is 11.4. The highest BCUT2D eigenvalue weighted by atomic mass is 32.1. The molecule has 1 aromatic carbocycles. The second-order valence-corrected chi connectivity index (χ2v) is 9.59. The average Bonchev–Trinajstić information content (AvgIpc) is 3.64. The van der Waals surface area contributed by atoms with Gasteiger partial charge < -0.3 is 14.6 Å². The number of nitrogens with zero attached hydrogens (tertiary/aromatic N) is 6. The Hall–Kier alpha value is -3.56. The highest BCUT2D eigenvalue weighted by molar-refractivity contribution is 7.22. The zero-order chi connectivity index (χ0) is 23.1. The van der Waals surface area contributed by atoms with Crippen molar-refractivity contribution in [3.63, 3.8) is 0 Å². The van der Waals surface area contributed by atoms with Crippen LogP contribution in [0.3, 0.4) is 0 Å². The predicted molar refractivity (Wildman–Crippen MR) is 135 cm³/mol. The van der Waals surface area contributed by atoms with Gasteiger partial charge in [-0.05, 0) is 18.1 Å². The van der Waals surface area contributed by atoms with Crippen LogP contribution >= 0.6 is 11.3 Å². The van der Waals surface area contributed by atoms with E-state index in [2.05, 4.69) is 34.6 Å². The number of fused-ring (bicyclic) bond motifs is 1. The largest absolute Gasteiger partial charge is 0.381 e. The van der Waals surface area contributed by atoms with Crippen molar-refractivity contribution in [2.24, 2.45) is 20.0 Å². The summed E-state index contributed by atoms with van der Waals surface area (Å²) in [6.07, 6.45) is 6.71. The molecule has 4 aromatic heterocycles. The highest BCUT2D eigenvalue weighted by Gasteiger charge is 2.24. The second-order valence-electron chi connectivity index (χ2n) is 8.60. The third-order valence-corrected chi connectivity index (χ3v) is 7.27. The standard InChI is InChI=1S/C25H25N7OS/c1-31-12-10-26-24(31)23-28-22(27-14-16-9-13-33-15-16)20-19(17-6-4-3-5-7-17)21(34-25(20)29-23)18-8-11-32(2)30-18/h3-8,10-12,16H,9,13-15H2,1-2H3,(H,27,28,29). The van der Waals surface area contributed by atoms with Crippen molar-refractivity contribution < 1.29 is 4.74 Å². The van der Waals surface area contributed by atoms with Gasteiger partial charge in [-0.3, -0.25) is 4.68 Å². The Morgan fingerprint density at radius 1 is 1.12 bits per heavy atom. The van der Waals surface area contributed by atoms with E-state index in [1.807, 2.05) is 47.9 Å². The Balaban J connectivity index is 1.59. The van der Waals surface area contributed by atoms with E-state index in [1.165, 1.54) is 0 Å². The van der Waals surface area contributed by atoms with Gasteiger partial charge in [-0.15, -0.1) is 11.3 Å². The quantitative estimate of drug-likeness (QED) is 0.390. The summed E-state index contributed by atoms with van der Waals surface area (Å²) in [6, 6.07) is 12.5. The molecule has 8 nitrogen and oxygen atoms in total. The Labute approximate surface area is 201 Å². The fourth-order valence-electron chi connectivity index (χ4n) is 4.39. The lowest BCUT2D eigenvalue weighted by Gasteiger charge is -2.13. The minimum absolute atomic E-state index is 0.468. The summed E-state index contributed by atoms with van der Waals surface area (Å²) < 4.78 is 9.37. The molecule has 6 rings (SSSR count). The minimum atomic E-state index is 0.468. The van der Waals surface area contributed by atoms with Crippen LogP contribution in [0.4, 0.5) is 5.82 Å². The number of aryl methyl sites for hydroxylation is 2. The molecule has 1 fully saturated rings. The third-order valence-electron chi connectivity index (χ3n) is 6.16. The second kappa shape index (κ2) is 8.66. The van der Waals surface area contributed by atoms with Crippen molar-refractivity contribution in [1.82, 2.24) is 29.3 Å². The third kappa shape index (κ3) is 3.76. The molecule has 1 atom stereocenters. The number of nitrogens with one attached hydrogen (secondary N) is 1. The molecule has 34 heavy (non-hydrogen) atoms. The van der Waals surface area contributed by atoms with Crippen LogP contribution in [0.5, 0.6) is 0 Å². The van der Waals surface area contributed by atoms with Gasteiger partial charge in [0, 0.05) is 57.3 Å². The van der Waals surface area contributed by atoms with Gasteiger partial charge in [0.15, 0.2) is 11.6 Å². The minimum Gasteiger partial charge on any atom is -0.381 e. The fraction of sp³-hybridized carbons (Fsp3) is 0.280. The van der Waals surface area contributed by atoms with Crippen LogP contribution in [0, 0.1) is 5.92 Å². The number of hydrogen-bond donors (Lipinski definition) is 1. The van der Waals surface area contributed by atoms with Crippen molar-refractivity contribution in [3.05, 3.63) is 55.0 Å². The number of imidazole rings is 1. The molecule has 0 radical (unpaired) electrons. The first-order chi connectivity index (χ1) is 16.7. The molecule has 1 N–H and O–H groups in total. The van der Waals surface area contributed by atoms with Gasteiger partial charge >= 0.3 is 0 Å². The number of anilines is 1. The number of ether oxygens (including phenoxy) is 1. The van der Waals surface area contributed by atoms with Crippen LogP contribution in [-0.2, 0) is 18.8 Å². The number of aromatic nitrogens is 6. The van der Waals surface area contributed by atoms with Crippen molar-refractivity contribution >= 4 is 27.4 Å². The molecule has 0 bridgehead atoms. The Bertz CT molecular complexity index is 1450. The van der Waals surface area contributed by atoms with E-state index in [4.69, 9.17) is 19.8 Å². The Morgan fingerprint density at radius 3 is 2.71 bits per heavy atom. The molecule has 9 heteroatoms. The average molecular weight is 472 g/mol. The van der Waals surface area contributed by atoms with Gasteiger partial charge in [-0.2, -0.15) is 5.10 Å². The monoisotopic (exact) mass is 471 g/mol. The van der Waals surface area contributed by atoms with Crippen molar-refractivity contribution in [1.29, 1.82) is 0 Å². The number of thiophene rings is 1. The van der Waals surface area contributed by atoms with E-state index >= 15 is 0 Å². The van der Waals surface area contributed by atoms with Crippen molar-refractivity contribution in [3.8, 4) is 33.3 Å². The van der Waals surface area contributed by atoms with Gasteiger partial charge in [-0.25, -0.2) is 15.0 Å². The van der Waals surface area contributed by atoms with Crippen molar-refractivity contribution in [2.45, 2.75) is 6.42 Å². The summed E-state index contributed by atoms with van der Waals surface area (Å²) in [5.74, 6) is 2.64. The summed E-state index contributed by atoms with van der Waals surface area (Å²) in [5.41, 5.74) is 3.16. The molecular formula is C25H25N7OS. The molecule has 1 aliphatic heterocycles. The molecule has 1 aliphatic rings. The molecule has 0 spiro atoms. The topological polar surface area (TPSA) is 82.7 Å². The molecular weight excluding hydrogens is 446 g/mol. The lowest BCUT2D eigenvalue weighted by atomic mass is 10.0. The SMILES string of the molecule is Cn1ccc(-c2sc3nc(-c4nccn4C)nc(NCC4CCOC4)c3c2-c2ccccc2)n1. The Morgan fingerprint density at radius 2 is 2.00 bits per heavy atom. The molecule has 0 saturated carbocycles. The number of benzene rings is 1. The van der Waals surface area contributed by atoms with Crippen LogP contribution in [0.25, 0.3) is 43.6 Å². The normalized spacial score (nSPS) is 15.9. The lowest BCUT2D eigenvalue weighted by Crippen LogP contribution is -2.15. The van der Waals surface area contributed by atoms with Gasteiger partial charge in [0.2, 0.25) is 0 Å². The summed E-state index contributed by atoms with van der Waals surface area (Å²) in [5, 5.41) is 9.38. The first-order valence-corrected chi connectivity index (χ1v) is 12.2. The molecule has 1 unspecified atom stereocenters. The fourth-order valence-corrected chi connectivity index (χ4v) is 5.55. The zero-order valence-corrected chi connectivity index (χ0v) is 19.9. The van der Waals surface area contributed by atoms with Crippen LogP contribution in [0.2, 0.25) is 0 Å². The molecule has 0 amide bonds. The molecule has 1 saturated heterocycles. The van der Waals surface area contributed by atoms with E-state index in [9.17, 15) is 0 Å². The summed E-state index contributed by atoms with van der Waals surface area (Å²) >= 11 is 1.65. The maximum Gasteiger partial charge on any atom is 0.199 e. The smallest absolute Gasteiger partial charge is 0.199 e. The number of rotatable bonds is 6. The molecule has 5 aromatic rings. The molecule has 172 valence electrons. The lowest BCUT2D eigenvalue weighted by molar-refractivity contribution is 0.187. The van der Waals surface area contributed by atoms with E-state index in [1.54, 1.807) is 17.5 Å². The van der Waals surface area contributed by atoms with Gasteiger partial charge in [0.25, 0.3) is 0 Å². The summed E-state index contributed by atoms with van der Waals surface area (Å²) in [6.45, 7) is 2.40. The highest BCUT2D eigenvalue weighted by Crippen LogP contribution is 2.46. The molecule has 0 aliphatic carbocycles. The Kier molecular flexibility index (Phi) is 5.35. The summed E-state index contributed by atoms with van der Waals surface area (Å²) in [4.78, 5) is 16.5. The summed E-state index contributed by atoms with van der Waals surface area (Å²) in [7, 11) is 3.90.